The summed E-state index contributed by atoms with van der Waals surface area (Å²) in [5, 5.41) is 9.30. The zero-order chi connectivity index (χ0) is 36.3. The first-order valence-electron chi connectivity index (χ1n) is 18.9. The summed E-state index contributed by atoms with van der Waals surface area (Å²) >= 11 is 0. The molecule has 286 valence electrons. The predicted octanol–water partition coefficient (Wildman–Crippen LogP) is 6.87. The Balaban J connectivity index is 1.06. The SMILES string of the molecule is O=C(Oc1ccc2c(c1)C[C@@H](CCN1CC1S(=O)CCCC(F)(F)C(F)(F)F)[C@H]1C(CCCO)CCCC21)N1CCC(N2CCCCC2=O)CC1. The number of halogens is 5. The minimum Gasteiger partial charge on any atom is -0.410 e. The lowest BCUT2D eigenvalue weighted by Crippen LogP contribution is -2.50. The molecule has 1 aromatic carbocycles. The molecule has 3 heterocycles. The second-order valence-electron chi connectivity index (χ2n) is 15.3. The average Bonchev–Trinajstić information content (AvgIpc) is 3.89. The molecule has 1 aromatic rings. The molecule has 51 heavy (non-hydrogen) atoms. The van der Waals surface area contributed by atoms with Gasteiger partial charge in [0.05, 0.1) is 5.37 Å². The maximum Gasteiger partial charge on any atom is 0.453 e. The van der Waals surface area contributed by atoms with Crippen LogP contribution in [0.25, 0.3) is 0 Å². The Bertz CT molecular complexity index is 1410. The summed E-state index contributed by atoms with van der Waals surface area (Å²) in [6.45, 7) is 3.24. The van der Waals surface area contributed by atoms with Crippen LogP contribution < -0.4 is 4.74 Å². The van der Waals surface area contributed by atoms with Crippen molar-refractivity contribution in [2.24, 2.45) is 17.8 Å². The van der Waals surface area contributed by atoms with Crippen molar-refractivity contribution in [2.75, 3.05) is 45.1 Å². The van der Waals surface area contributed by atoms with Gasteiger partial charge in [-0.2, -0.15) is 22.0 Å². The second-order valence-corrected chi connectivity index (χ2v) is 17.0. The van der Waals surface area contributed by atoms with Crippen LogP contribution in [0.1, 0.15) is 101 Å². The minimum atomic E-state index is -5.60. The number of benzene rings is 1. The van der Waals surface area contributed by atoms with Crippen LogP contribution in [0.3, 0.4) is 0 Å². The monoisotopic (exact) mass is 745 g/mol. The third kappa shape index (κ3) is 9.08. The number of likely N-dealkylation sites (tertiary alicyclic amines) is 2. The number of rotatable bonds is 13. The molecule has 5 unspecified atom stereocenters. The number of ether oxygens (including phenoxy) is 1. The number of carbonyl (C=O) groups excluding carboxylic acids is 2. The van der Waals surface area contributed by atoms with Crippen molar-refractivity contribution in [3.63, 3.8) is 0 Å². The van der Waals surface area contributed by atoms with E-state index >= 15 is 0 Å². The minimum absolute atomic E-state index is 0.147. The number of alkyl halides is 5. The van der Waals surface area contributed by atoms with Gasteiger partial charge in [-0.3, -0.25) is 13.9 Å². The number of hydrogen-bond acceptors (Lipinski definition) is 6. The van der Waals surface area contributed by atoms with Gasteiger partial charge in [0.25, 0.3) is 0 Å². The molecule has 14 heteroatoms. The summed E-state index contributed by atoms with van der Waals surface area (Å²) in [7, 11) is -1.50. The van der Waals surface area contributed by atoms with E-state index in [0.717, 1.165) is 82.7 Å². The zero-order valence-corrected chi connectivity index (χ0v) is 30.1. The number of aliphatic hydroxyl groups is 1. The molecular weight excluding hydrogens is 693 g/mol. The summed E-state index contributed by atoms with van der Waals surface area (Å²) in [6.07, 6.45) is 2.84. The highest BCUT2D eigenvalue weighted by Gasteiger charge is 2.56. The molecule has 6 rings (SSSR count). The van der Waals surface area contributed by atoms with E-state index in [1.165, 1.54) is 5.56 Å². The molecule has 0 aromatic heterocycles. The normalized spacial score (nSPS) is 29.3. The number of nitrogens with zero attached hydrogens (tertiary/aromatic N) is 3. The van der Waals surface area contributed by atoms with Crippen molar-refractivity contribution < 1.29 is 45.6 Å². The molecule has 1 saturated carbocycles. The van der Waals surface area contributed by atoms with Gasteiger partial charge >= 0.3 is 18.2 Å². The average molecular weight is 746 g/mol. The number of hydrogen-bond donors (Lipinski definition) is 1. The highest BCUT2D eigenvalue weighted by Crippen LogP contribution is 2.53. The van der Waals surface area contributed by atoms with Gasteiger partial charge in [0.1, 0.15) is 5.75 Å². The molecule has 8 nitrogen and oxygen atoms in total. The number of fused-ring (bicyclic) bond motifs is 3. The lowest BCUT2D eigenvalue weighted by atomic mass is 9.58. The van der Waals surface area contributed by atoms with Gasteiger partial charge in [-0.25, -0.2) is 4.79 Å². The van der Waals surface area contributed by atoms with E-state index in [0.29, 0.717) is 62.0 Å². The van der Waals surface area contributed by atoms with Crippen molar-refractivity contribution in [3.8, 4) is 5.75 Å². The van der Waals surface area contributed by atoms with Crippen LogP contribution in [-0.2, 0) is 22.0 Å². The van der Waals surface area contributed by atoms with E-state index in [4.69, 9.17) is 4.74 Å². The van der Waals surface area contributed by atoms with Crippen molar-refractivity contribution in [1.82, 2.24) is 14.7 Å². The lowest BCUT2D eigenvalue weighted by Gasteiger charge is -2.47. The van der Waals surface area contributed by atoms with E-state index in [1.54, 1.807) is 4.90 Å². The summed E-state index contributed by atoms with van der Waals surface area (Å²) in [6, 6.07) is 6.18. The first-order valence-corrected chi connectivity index (χ1v) is 20.3. The van der Waals surface area contributed by atoms with Crippen molar-refractivity contribution >= 4 is 22.8 Å². The smallest absolute Gasteiger partial charge is 0.410 e. The van der Waals surface area contributed by atoms with E-state index in [-0.39, 0.29) is 35.8 Å². The Labute approximate surface area is 299 Å². The van der Waals surface area contributed by atoms with E-state index in [2.05, 4.69) is 6.07 Å². The molecule has 2 aliphatic carbocycles. The number of aliphatic hydroxyl groups excluding tert-OH is 1. The molecule has 0 radical (unpaired) electrons. The lowest BCUT2D eigenvalue weighted by molar-refractivity contribution is -0.284. The van der Waals surface area contributed by atoms with Gasteiger partial charge in [0, 0.05) is 68.2 Å². The van der Waals surface area contributed by atoms with Crippen LogP contribution in [0.5, 0.6) is 5.75 Å². The Hall–Kier alpha value is -2.32. The molecule has 3 aliphatic heterocycles. The van der Waals surface area contributed by atoms with Crippen LogP contribution in [0.4, 0.5) is 26.7 Å². The standard InChI is InChI=1S/C37H52F5N3O5S/c38-36(39,37(40,41)42)15-5-21-51(49)33-24-44(33)17-12-26-22-27-23-29(10-11-30(27)31-8-3-6-25(34(26)31)7-4-20-46)50-35(48)43-18-13-28(14-19-43)45-16-2-1-9-32(45)47/h10-11,23,25-26,28,31,33-34,46H,1-9,12-22,24H2/t25?,26-,31?,33?,34-,44?,51?/m1/s1. The summed E-state index contributed by atoms with van der Waals surface area (Å²) in [5.41, 5.74) is 2.45. The Kier molecular flexibility index (Phi) is 12.3. The highest BCUT2D eigenvalue weighted by molar-refractivity contribution is 7.85. The number of amides is 2. The van der Waals surface area contributed by atoms with Crippen molar-refractivity contribution in [3.05, 3.63) is 29.3 Å². The van der Waals surface area contributed by atoms with Gasteiger partial charge in [-0.05, 0) is 118 Å². The summed E-state index contributed by atoms with van der Waals surface area (Å²) in [5.74, 6) is -2.72. The Morgan fingerprint density at radius 3 is 2.47 bits per heavy atom. The molecule has 0 bridgehead atoms. The molecule has 4 fully saturated rings. The van der Waals surface area contributed by atoms with Gasteiger partial charge in [-0.1, -0.05) is 18.9 Å². The largest absolute Gasteiger partial charge is 0.453 e. The summed E-state index contributed by atoms with van der Waals surface area (Å²) in [4.78, 5) is 31.4. The third-order valence-electron chi connectivity index (χ3n) is 12.1. The van der Waals surface area contributed by atoms with Crippen LogP contribution in [0.2, 0.25) is 0 Å². The van der Waals surface area contributed by atoms with Crippen LogP contribution in [0, 0.1) is 17.8 Å². The van der Waals surface area contributed by atoms with Gasteiger partial charge in [-0.15, -0.1) is 0 Å². The predicted molar refractivity (Wildman–Crippen MR) is 183 cm³/mol. The fourth-order valence-electron chi connectivity index (χ4n) is 9.40. The first-order chi connectivity index (χ1) is 24.4. The Morgan fingerprint density at radius 1 is 0.961 bits per heavy atom. The number of piperidine rings is 2. The van der Waals surface area contributed by atoms with Crippen molar-refractivity contribution in [2.45, 2.75) is 119 Å². The second kappa shape index (κ2) is 16.4. The fourth-order valence-corrected chi connectivity index (χ4v) is 10.9. The molecule has 0 spiro atoms. The van der Waals surface area contributed by atoms with Crippen molar-refractivity contribution in [1.29, 1.82) is 0 Å². The van der Waals surface area contributed by atoms with E-state index in [9.17, 15) is 40.9 Å². The third-order valence-corrected chi connectivity index (χ3v) is 13.9. The van der Waals surface area contributed by atoms with Gasteiger partial charge < -0.3 is 19.6 Å². The van der Waals surface area contributed by atoms with Crippen LogP contribution in [0.15, 0.2) is 18.2 Å². The summed E-state index contributed by atoms with van der Waals surface area (Å²) < 4.78 is 82.9. The quantitative estimate of drug-likeness (QED) is 0.175. The topological polar surface area (TPSA) is 90.2 Å². The van der Waals surface area contributed by atoms with Gasteiger partial charge in [0.15, 0.2) is 0 Å². The molecule has 3 saturated heterocycles. The molecular formula is C37H52F5N3O5S. The van der Waals surface area contributed by atoms with Crippen LogP contribution >= 0.6 is 0 Å². The Morgan fingerprint density at radius 2 is 1.75 bits per heavy atom. The highest BCUT2D eigenvalue weighted by atomic mass is 32.2. The van der Waals surface area contributed by atoms with E-state index in [1.807, 2.05) is 21.9 Å². The first kappa shape index (κ1) is 38.4. The molecule has 5 aliphatic rings. The van der Waals surface area contributed by atoms with E-state index < -0.39 is 35.7 Å². The fraction of sp³-hybridized carbons (Fsp3) is 0.784. The molecule has 1 N–H and O–H groups in total. The maximum atomic E-state index is 13.3. The zero-order valence-electron chi connectivity index (χ0n) is 29.3. The van der Waals surface area contributed by atoms with Gasteiger partial charge in [0.2, 0.25) is 5.91 Å². The van der Waals surface area contributed by atoms with Crippen LogP contribution in [-0.4, -0.2) is 105 Å². The number of carbonyl (C=O) groups is 2. The molecule has 2 amide bonds. The molecule has 7 atom stereocenters. The maximum absolute atomic E-state index is 13.3.